The zero-order chi connectivity index (χ0) is 21.6. The average Bonchev–Trinajstić information content (AvgIpc) is 3.24. The molecule has 1 fully saturated rings. The van der Waals surface area contributed by atoms with Crippen molar-refractivity contribution in [3.8, 4) is 11.5 Å². The van der Waals surface area contributed by atoms with E-state index in [9.17, 15) is 13.5 Å². The van der Waals surface area contributed by atoms with Crippen molar-refractivity contribution < 1.29 is 22.8 Å². The Labute approximate surface area is 199 Å². The standard InChI is InChI=1S/C19H27N5O5S.HI/c1-3-20-19(21-13-15-12-17(28-2)4-5-18(15)25)23-7-9-24(10-8-23)30(26,27)14-16-6-11-29-22-16;/h4-6,11-12,25H,3,7-10,13-14H2,1-2H3,(H,20,21);1H. The van der Waals surface area contributed by atoms with E-state index in [0.717, 1.165) is 0 Å². The maximum Gasteiger partial charge on any atom is 0.220 e. The van der Waals surface area contributed by atoms with Gasteiger partial charge in [-0.1, -0.05) is 5.16 Å². The van der Waals surface area contributed by atoms with Crippen molar-refractivity contribution in [3.05, 3.63) is 41.8 Å². The molecule has 0 bridgehead atoms. The first kappa shape index (κ1) is 25.2. The molecule has 0 saturated carbocycles. The van der Waals surface area contributed by atoms with Crippen molar-refractivity contribution >= 4 is 40.0 Å². The Morgan fingerprint density at radius 3 is 2.65 bits per heavy atom. The second-order valence-electron chi connectivity index (χ2n) is 6.80. The number of halogens is 1. The van der Waals surface area contributed by atoms with Crippen molar-refractivity contribution in [2.45, 2.75) is 19.2 Å². The van der Waals surface area contributed by atoms with E-state index in [1.807, 2.05) is 11.8 Å². The summed E-state index contributed by atoms with van der Waals surface area (Å²) in [6, 6.07) is 6.57. The van der Waals surface area contributed by atoms with E-state index in [2.05, 4.69) is 15.5 Å². The van der Waals surface area contributed by atoms with E-state index in [4.69, 9.17) is 9.26 Å². The molecule has 1 aliphatic rings. The second kappa shape index (κ2) is 11.5. The molecule has 2 N–H and O–H groups in total. The van der Waals surface area contributed by atoms with Gasteiger partial charge >= 0.3 is 0 Å². The zero-order valence-corrected chi connectivity index (χ0v) is 20.7. The van der Waals surface area contributed by atoms with Gasteiger partial charge in [0.05, 0.1) is 19.3 Å². The molecule has 0 amide bonds. The van der Waals surface area contributed by atoms with E-state index in [-0.39, 0.29) is 42.0 Å². The minimum Gasteiger partial charge on any atom is -0.508 e. The molecule has 2 aromatic rings. The first-order valence-electron chi connectivity index (χ1n) is 9.69. The number of hydrogen-bond acceptors (Lipinski definition) is 7. The molecule has 1 aromatic heterocycles. The summed E-state index contributed by atoms with van der Waals surface area (Å²) in [6.07, 6.45) is 1.36. The lowest BCUT2D eigenvalue weighted by atomic mass is 10.2. The van der Waals surface area contributed by atoms with Gasteiger partial charge in [-0.25, -0.2) is 13.4 Å². The van der Waals surface area contributed by atoms with Crippen LogP contribution in [0.5, 0.6) is 11.5 Å². The number of piperazine rings is 1. The third kappa shape index (κ3) is 6.71. The second-order valence-corrected chi connectivity index (χ2v) is 8.77. The summed E-state index contributed by atoms with van der Waals surface area (Å²) in [7, 11) is -1.89. The molecular formula is C19H28IN5O5S. The number of aromatic nitrogens is 1. The third-order valence-corrected chi connectivity index (χ3v) is 6.59. The number of phenols is 1. The van der Waals surface area contributed by atoms with Crippen molar-refractivity contribution in [1.82, 2.24) is 19.7 Å². The zero-order valence-electron chi connectivity index (χ0n) is 17.5. The van der Waals surface area contributed by atoms with Gasteiger partial charge in [-0.15, -0.1) is 24.0 Å². The number of aliphatic imine (C=N–C) groups is 1. The lowest BCUT2D eigenvalue weighted by Crippen LogP contribution is -2.53. The number of sulfonamides is 1. The maximum absolute atomic E-state index is 12.6. The molecule has 0 radical (unpaired) electrons. The summed E-state index contributed by atoms with van der Waals surface area (Å²) < 4.78 is 36.6. The van der Waals surface area contributed by atoms with Crippen LogP contribution >= 0.6 is 24.0 Å². The van der Waals surface area contributed by atoms with Crippen LogP contribution in [0.1, 0.15) is 18.2 Å². The van der Waals surface area contributed by atoms with Crippen molar-refractivity contribution in [2.75, 3.05) is 39.8 Å². The van der Waals surface area contributed by atoms with Crippen LogP contribution in [0.25, 0.3) is 0 Å². The van der Waals surface area contributed by atoms with Gasteiger partial charge in [0.15, 0.2) is 5.96 Å². The number of hydrogen-bond donors (Lipinski definition) is 2. The van der Waals surface area contributed by atoms with Gasteiger partial charge < -0.3 is 24.6 Å². The van der Waals surface area contributed by atoms with E-state index in [0.29, 0.717) is 55.7 Å². The topological polar surface area (TPSA) is 120 Å². The first-order valence-corrected chi connectivity index (χ1v) is 11.3. The predicted molar refractivity (Wildman–Crippen MR) is 127 cm³/mol. The Morgan fingerprint density at radius 1 is 1.29 bits per heavy atom. The molecule has 3 rings (SSSR count). The molecule has 0 unspecified atom stereocenters. The largest absolute Gasteiger partial charge is 0.508 e. The van der Waals surface area contributed by atoms with Crippen LogP contribution in [0.3, 0.4) is 0 Å². The van der Waals surface area contributed by atoms with E-state index in [1.165, 1.54) is 10.6 Å². The Bertz CT molecular complexity index is 960. The molecular weight excluding hydrogens is 537 g/mol. The minimum absolute atomic E-state index is 0. The van der Waals surface area contributed by atoms with Crippen LogP contribution in [-0.4, -0.2) is 73.7 Å². The van der Waals surface area contributed by atoms with Crippen LogP contribution in [0.15, 0.2) is 40.0 Å². The molecule has 10 nitrogen and oxygen atoms in total. The highest BCUT2D eigenvalue weighted by Gasteiger charge is 2.29. The summed E-state index contributed by atoms with van der Waals surface area (Å²) in [5.74, 6) is 1.30. The summed E-state index contributed by atoms with van der Waals surface area (Å²) in [5, 5.41) is 17.0. The lowest BCUT2D eigenvalue weighted by molar-refractivity contribution is 0.259. The Balaban J connectivity index is 0.00000341. The van der Waals surface area contributed by atoms with Gasteiger partial charge in [0.1, 0.15) is 23.5 Å². The van der Waals surface area contributed by atoms with E-state index < -0.39 is 10.0 Å². The minimum atomic E-state index is -3.46. The smallest absolute Gasteiger partial charge is 0.220 e. The van der Waals surface area contributed by atoms with Crippen molar-refractivity contribution in [2.24, 2.45) is 4.99 Å². The molecule has 172 valence electrons. The predicted octanol–water partition coefficient (Wildman–Crippen LogP) is 1.62. The van der Waals surface area contributed by atoms with Gasteiger partial charge in [-0.2, -0.15) is 4.31 Å². The number of nitrogens with zero attached hydrogens (tertiary/aromatic N) is 4. The molecule has 0 spiro atoms. The lowest BCUT2D eigenvalue weighted by Gasteiger charge is -2.35. The Morgan fingerprint density at radius 2 is 2.03 bits per heavy atom. The number of phenolic OH excluding ortho intramolecular Hbond substituents is 1. The van der Waals surface area contributed by atoms with Crippen LogP contribution in [0.4, 0.5) is 0 Å². The summed E-state index contributed by atoms with van der Waals surface area (Å²) in [6.45, 7) is 4.65. The van der Waals surface area contributed by atoms with Crippen LogP contribution in [0, 0.1) is 0 Å². The first-order chi connectivity index (χ1) is 14.4. The molecule has 0 aliphatic carbocycles. The molecule has 0 atom stereocenters. The van der Waals surface area contributed by atoms with E-state index >= 15 is 0 Å². The highest BCUT2D eigenvalue weighted by Crippen LogP contribution is 2.23. The highest BCUT2D eigenvalue weighted by atomic mass is 127. The van der Waals surface area contributed by atoms with Gasteiger partial charge in [-0.3, -0.25) is 0 Å². The maximum atomic E-state index is 12.6. The molecule has 1 saturated heterocycles. The SMILES string of the molecule is CCNC(=NCc1cc(OC)ccc1O)N1CCN(S(=O)(=O)Cc2ccon2)CC1.I. The average molecular weight is 565 g/mol. The van der Waals surface area contributed by atoms with Crippen molar-refractivity contribution in [3.63, 3.8) is 0 Å². The highest BCUT2D eigenvalue weighted by molar-refractivity contribution is 14.0. The fourth-order valence-electron chi connectivity index (χ4n) is 3.17. The number of aromatic hydroxyl groups is 1. The van der Waals surface area contributed by atoms with E-state index in [1.54, 1.807) is 31.4 Å². The quantitative estimate of drug-likeness (QED) is 0.295. The van der Waals surface area contributed by atoms with Crippen LogP contribution < -0.4 is 10.1 Å². The number of nitrogens with one attached hydrogen (secondary N) is 1. The summed E-state index contributed by atoms with van der Waals surface area (Å²) in [4.78, 5) is 6.63. The number of rotatable bonds is 7. The molecule has 1 aromatic carbocycles. The number of ether oxygens (including phenoxy) is 1. The number of methoxy groups -OCH3 is 1. The molecule has 1 aliphatic heterocycles. The van der Waals surface area contributed by atoms with Gasteiger partial charge in [0, 0.05) is 44.4 Å². The summed E-state index contributed by atoms with van der Waals surface area (Å²) >= 11 is 0. The monoisotopic (exact) mass is 565 g/mol. The summed E-state index contributed by atoms with van der Waals surface area (Å²) in [5.41, 5.74) is 1.05. The van der Waals surface area contributed by atoms with Crippen LogP contribution in [-0.2, 0) is 22.3 Å². The normalized spacial score (nSPS) is 15.4. The number of benzene rings is 1. The van der Waals surface area contributed by atoms with Crippen molar-refractivity contribution in [1.29, 1.82) is 0 Å². The fourth-order valence-corrected chi connectivity index (χ4v) is 4.59. The molecule has 12 heteroatoms. The van der Waals surface area contributed by atoms with Gasteiger partial charge in [0.25, 0.3) is 0 Å². The Hall–Kier alpha value is -2.06. The third-order valence-electron chi connectivity index (χ3n) is 4.77. The van der Waals surface area contributed by atoms with Crippen LogP contribution in [0.2, 0.25) is 0 Å². The number of guanidine groups is 1. The molecule has 31 heavy (non-hydrogen) atoms. The van der Waals surface area contributed by atoms with Gasteiger partial charge in [-0.05, 0) is 25.1 Å². The Kier molecular flexibility index (Phi) is 9.37. The molecule has 2 heterocycles. The fraction of sp³-hybridized carbons (Fsp3) is 0.474. The van der Waals surface area contributed by atoms with Gasteiger partial charge in [0.2, 0.25) is 10.0 Å².